The normalized spacial score (nSPS) is 14.1. The van der Waals surface area contributed by atoms with Gasteiger partial charge in [-0.2, -0.15) is 9.97 Å². The second-order valence-electron chi connectivity index (χ2n) is 13.7. The Morgan fingerprint density at radius 1 is 0.439 bits per heavy atom. The summed E-state index contributed by atoms with van der Waals surface area (Å²) in [4.78, 5) is 14.8. The van der Waals surface area contributed by atoms with E-state index in [2.05, 4.69) is 6.07 Å². The lowest BCUT2D eigenvalue weighted by molar-refractivity contribution is 0.669. The minimum absolute atomic E-state index is 0.000474. The van der Waals surface area contributed by atoms with Crippen molar-refractivity contribution in [1.29, 1.82) is 0 Å². The molecule has 0 saturated heterocycles. The molecule has 0 radical (unpaired) electrons. The number of hydrogen-bond acceptors (Lipinski definition) is 5. The van der Waals surface area contributed by atoms with Gasteiger partial charge in [0.2, 0.25) is 5.95 Å². The molecule has 8 aromatic carbocycles. The number of fused-ring (bicyclic) bond motifs is 10. The Morgan fingerprint density at radius 3 is 1.98 bits per heavy atom. The van der Waals surface area contributed by atoms with Crippen molar-refractivity contribution >= 4 is 65.7 Å². The first-order valence-electron chi connectivity index (χ1n) is 22.8. The van der Waals surface area contributed by atoms with Crippen LogP contribution in [0.15, 0.2) is 191 Å². The Hall–Kier alpha value is -7.83. The molecule has 0 spiro atoms. The van der Waals surface area contributed by atoms with E-state index >= 15 is 0 Å². The maximum Gasteiger partial charge on any atom is 0.238 e. The summed E-state index contributed by atoms with van der Waals surface area (Å²) in [7, 11) is 0. The van der Waals surface area contributed by atoms with Gasteiger partial charge in [0.05, 0.1) is 28.8 Å². The van der Waals surface area contributed by atoms with Crippen molar-refractivity contribution in [3.05, 3.63) is 182 Å². The molecule has 12 rings (SSSR count). The monoisotopic (exact) mass is 739 g/mol. The van der Waals surface area contributed by atoms with Crippen molar-refractivity contribution in [3.8, 4) is 51.0 Å². The molecule has 0 bridgehead atoms. The standard InChI is InChI=1S/C51H30N4O2/c1-4-13-31(14-5-1)34-24-28-43-40(29-34)37-26-27-42-47(48(37)57-43)38-19-10-11-21-41(38)55(42)51-53-49(33-17-8-3-9-18-33)52-50(54-51)35-23-25-39-45(30-35)56-44-22-12-20-36(46(39)44)32-15-6-2-7-16-32/h1-30H/i10D,11D,19D,21D,24D,26D,27D,28D,29D. The first kappa shape index (κ1) is 23.8. The van der Waals surface area contributed by atoms with Gasteiger partial charge in [-0.15, -0.1) is 0 Å². The van der Waals surface area contributed by atoms with Gasteiger partial charge in [-0.05, 0) is 70.7 Å². The van der Waals surface area contributed by atoms with E-state index in [4.69, 9.17) is 29.3 Å². The minimum atomic E-state index is -0.550. The molecular formula is C51H30N4O2. The van der Waals surface area contributed by atoms with E-state index in [1.54, 1.807) is 30.3 Å². The summed E-state index contributed by atoms with van der Waals surface area (Å²) < 4.78 is 97.2. The van der Waals surface area contributed by atoms with Crippen molar-refractivity contribution in [1.82, 2.24) is 19.5 Å². The van der Waals surface area contributed by atoms with Gasteiger partial charge in [0.25, 0.3) is 0 Å². The van der Waals surface area contributed by atoms with Crippen LogP contribution in [0.4, 0.5) is 0 Å². The van der Waals surface area contributed by atoms with Gasteiger partial charge < -0.3 is 8.83 Å². The van der Waals surface area contributed by atoms with Crippen LogP contribution < -0.4 is 0 Å². The van der Waals surface area contributed by atoms with E-state index in [0.717, 1.165) is 21.9 Å². The van der Waals surface area contributed by atoms with Gasteiger partial charge in [-0.25, -0.2) is 4.98 Å². The predicted molar refractivity (Wildman–Crippen MR) is 230 cm³/mol. The SMILES string of the molecule is [2H]c1c(-c2ccccc2)c([2H])c2c(oc3c2c([2H])c([2H])c2c3c3c([2H])c([2H])c([2H])c([2H])c3n2-c2nc(-c3ccccc3)nc(-c3ccc4c(c3)oc3cccc(-c5ccccc5)c34)n2)c1[2H]. The van der Waals surface area contributed by atoms with Crippen LogP contribution in [0.3, 0.4) is 0 Å². The van der Waals surface area contributed by atoms with Gasteiger partial charge in [-0.1, -0.05) is 133 Å². The number of furan rings is 2. The highest BCUT2D eigenvalue weighted by atomic mass is 16.3. The molecule has 6 heteroatoms. The number of rotatable bonds is 5. The summed E-state index contributed by atoms with van der Waals surface area (Å²) in [5.74, 6) is 0.307. The second-order valence-corrected chi connectivity index (χ2v) is 13.7. The Bertz CT molecular complexity index is 4040. The molecule has 57 heavy (non-hydrogen) atoms. The van der Waals surface area contributed by atoms with Crippen LogP contribution in [-0.4, -0.2) is 19.5 Å². The lowest BCUT2D eigenvalue weighted by Crippen LogP contribution is -2.06. The van der Waals surface area contributed by atoms with E-state index < -0.39 is 30.2 Å². The summed E-state index contributed by atoms with van der Waals surface area (Å²) in [5.41, 5.74) is 4.76. The molecule has 0 unspecified atom stereocenters. The van der Waals surface area contributed by atoms with Gasteiger partial charge in [0, 0.05) is 38.1 Å². The van der Waals surface area contributed by atoms with E-state index in [1.807, 2.05) is 91.0 Å². The van der Waals surface area contributed by atoms with Crippen molar-refractivity contribution < 1.29 is 21.2 Å². The molecule has 0 fully saturated rings. The highest BCUT2D eigenvalue weighted by Gasteiger charge is 2.22. The zero-order valence-corrected chi connectivity index (χ0v) is 29.7. The quantitative estimate of drug-likeness (QED) is 0.176. The molecule has 266 valence electrons. The van der Waals surface area contributed by atoms with Crippen LogP contribution in [0.5, 0.6) is 0 Å². The van der Waals surface area contributed by atoms with Crippen molar-refractivity contribution in [3.63, 3.8) is 0 Å². The largest absolute Gasteiger partial charge is 0.456 e. The number of para-hydroxylation sites is 1. The summed E-state index contributed by atoms with van der Waals surface area (Å²) in [6.07, 6.45) is 0. The first-order chi connectivity index (χ1) is 32.0. The van der Waals surface area contributed by atoms with E-state index in [0.29, 0.717) is 27.9 Å². The van der Waals surface area contributed by atoms with Crippen molar-refractivity contribution in [2.45, 2.75) is 0 Å². The molecule has 0 aliphatic rings. The molecule has 4 heterocycles. The highest BCUT2D eigenvalue weighted by Crippen LogP contribution is 2.42. The Kier molecular flexibility index (Phi) is 5.17. The van der Waals surface area contributed by atoms with Crippen LogP contribution in [0.2, 0.25) is 0 Å². The van der Waals surface area contributed by atoms with Gasteiger partial charge in [0.1, 0.15) is 22.3 Å². The highest BCUT2D eigenvalue weighted by molar-refractivity contribution is 6.24. The lowest BCUT2D eigenvalue weighted by Gasteiger charge is -2.11. The summed E-state index contributed by atoms with van der Waals surface area (Å²) >= 11 is 0. The summed E-state index contributed by atoms with van der Waals surface area (Å²) in [6.45, 7) is 0. The smallest absolute Gasteiger partial charge is 0.238 e. The minimum Gasteiger partial charge on any atom is -0.456 e. The zero-order chi connectivity index (χ0) is 45.3. The lowest BCUT2D eigenvalue weighted by atomic mass is 9.99. The summed E-state index contributed by atoms with van der Waals surface area (Å²) in [6, 6.07) is 36.0. The maximum atomic E-state index is 9.70. The molecular weight excluding hydrogens is 701 g/mol. The number of nitrogens with zero attached hydrogens (tertiary/aromatic N) is 4. The van der Waals surface area contributed by atoms with Crippen LogP contribution in [-0.2, 0) is 0 Å². The van der Waals surface area contributed by atoms with Gasteiger partial charge >= 0.3 is 0 Å². The van der Waals surface area contributed by atoms with Crippen molar-refractivity contribution in [2.24, 2.45) is 0 Å². The van der Waals surface area contributed by atoms with Gasteiger partial charge in [-0.3, -0.25) is 4.57 Å². The molecule has 0 atom stereocenters. The third-order valence-corrected chi connectivity index (χ3v) is 10.4. The zero-order valence-electron chi connectivity index (χ0n) is 38.7. The molecule has 0 N–H and O–H groups in total. The van der Waals surface area contributed by atoms with Crippen LogP contribution in [0, 0.1) is 0 Å². The third kappa shape index (κ3) is 4.94. The van der Waals surface area contributed by atoms with Gasteiger partial charge in [0.15, 0.2) is 11.6 Å². The molecule has 0 saturated carbocycles. The molecule has 0 amide bonds. The fourth-order valence-electron chi connectivity index (χ4n) is 7.75. The Balaban J connectivity index is 1.18. The maximum absolute atomic E-state index is 9.70. The molecule has 0 aliphatic carbocycles. The Morgan fingerprint density at radius 2 is 1.18 bits per heavy atom. The van der Waals surface area contributed by atoms with E-state index in [9.17, 15) is 6.85 Å². The van der Waals surface area contributed by atoms with Crippen LogP contribution in [0.1, 0.15) is 12.3 Å². The average Bonchev–Trinajstić information content (AvgIpc) is 4.05. The van der Waals surface area contributed by atoms with Crippen LogP contribution >= 0.6 is 0 Å². The van der Waals surface area contributed by atoms with E-state index in [-0.39, 0.29) is 91.1 Å². The third-order valence-electron chi connectivity index (χ3n) is 10.4. The molecule has 12 aromatic rings. The topological polar surface area (TPSA) is 69.9 Å². The van der Waals surface area contributed by atoms with Crippen molar-refractivity contribution in [2.75, 3.05) is 0 Å². The number of hydrogen-bond donors (Lipinski definition) is 0. The molecule has 6 nitrogen and oxygen atoms in total. The molecule has 4 aromatic heterocycles. The fourth-order valence-corrected chi connectivity index (χ4v) is 7.75. The number of aromatic nitrogens is 4. The van der Waals surface area contributed by atoms with Crippen LogP contribution in [0.25, 0.3) is 117 Å². The molecule has 0 aliphatic heterocycles. The number of benzene rings is 8. The second kappa shape index (κ2) is 12.3. The first-order valence-corrected chi connectivity index (χ1v) is 18.3. The van der Waals surface area contributed by atoms with E-state index in [1.165, 1.54) is 4.57 Å². The average molecular weight is 740 g/mol. The Labute approximate surface area is 338 Å². The summed E-state index contributed by atoms with van der Waals surface area (Å²) in [5, 5.41) is 1.86. The fraction of sp³-hybridized carbons (Fsp3) is 0. The predicted octanol–water partition coefficient (Wildman–Crippen LogP) is 13.4.